The summed E-state index contributed by atoms with van der Waals surface area (Å²) in [5.41, 5.74) is 1.66. The van der Waals surface area contributed by atoms with Crippen LogP contribution in [0, 0.1) is 22.9 Å². The minimum absolute atomic E-state index is 0.0125. The fraction of sp³-hybridized carbons (Fsp3) is 0.250. The Hall–Kier alpha value is -2.07. The van der Waals surface area contributed by atoms with Crippen molar-refractivity contribution in [3.63, 3.8) is 0 Å². The number of hydrogen-bond acceptors (Lipinski definition) is 3. The van der Waals surface area contributed by atoms with Gasteiger partial charge in [-0.15, -0.1) is 0 Å². The van der Waals surface area contributed by atoms with Gasteiger partial charge < -0.3 is 4.98 Å². The lowest BCUT2D eigenvalue weighted by Gasteiger charge is -2.07. The molecular weight excluding hydrogens is 270 g/mol. The maximum atomic E-state index is 12.8. The van der Waals surface area contributed by atoms with Crippen molar-refractivity contribution < 1.29 is 8.78 Å². The summed E-state index contributed by atoms with van der Waals surface area (Å²) in [6, 6.07) is 3.20. The number of aryl methyl sites for hydroxylation is 1. The molecule has 2 heterocycles. The van der Waals surface area contributed by atoms with E-state index in [1.165, 1.54) is 12.3 Å². The van der Waals surface area contributed by atoms with Crippen LogP contribution in [0.2, 0.25) is 0 Å². The number of rotatable bonds is 2. The van der Waals surface area contributed by atoms with Gasteiger partial charge >= 0.3 is 0 Å². The first kappa shape index (κ1) is 13.4. The number of alkyl halides is 2. The smallest absolute Gasteiger partial charge is 0.278 e. The van der Waals surface area contributed by atoms with Crippen molar-refractivity contribution in [2.75, 3.05) is 0 Å². The molecule has 19 heavy (non-hydrogen) atoms. The minimum Gasteiger partial charge on any atom is -0.344 e. The second-order valence-electron chi connectivity index (χ2n) is 4.02. The number of nitrogens with one attached hydrogen (secondary N) is 1. The van der Waals surface area contributed by atoms with Gasteiger partial charge in [0.05, 0.1) is 17.5 Å². The van der Waals surface area contributed by atoms with Crippen molar-refractivity contribution in [2.24, 2.45) is 7.05 Å². The Bertz CT molecular complexity index is 724. The highest BCUT2D eigenvalue weighted by Gasteiger charge is 2.17. The quantitative estimate of drug-likeness (QED) is 0.859. The monoisotopic (exact) mass is 280 g/mol. The standard InChI is InChI=1S/C12H10F2N4S/c1-6-9(5-16-18(6)2)7-3-10(11(13)14)17-12(19)8(7)4-15/h3,5,11H,1-2H3,(H,17,19). The number of hydrogen-bond donors (Lipinski definition) is 1. The van der Waals surface area contributed by atoms with Crippen molar-refractivity contribution in [2.45, 2.75) is 13.3 Å². The van der Waals surface area contributed by atoms with E-state index in [9.17, 15) is 8.78 Å². The van der Waals surface area contributed by atoms with Crippen molar-refractivity contribution in [1.82, 2.24) is 14.8 Å². The molecule has 0 saturated heterocycles. The second-order valence-corrected chi connectivity index (χ2v) is 4.43. The van der Waals surface area contributed by atoms with Crippen LogP contribution in [0.5, 0.6) is 0 Å². The molecule has 0 fully saturated rings. The van der Waals surface area contributed by atoms with Gasteiger partial charge in [-0.2, -0.15) is 10.4 Å². The van der Waals surface area contributed by atoms with Crippen LogP contribution in [0.4, 0.5) is 8.78 Å². The molecule has 0 unspecified atom stereocenters. The van der Waals surface area contributed by atoms with Crippen LogP contribution in [0.15, 0.2) is 12.3 Å². The molecule has 4 nitrogen and oxygen atoms in total. The molecule has 98 valence electrons. The van der Waals surface area contributed by atoms with Gasteiger partial charge in [-0.1, -0.05) is 12.2 Å². The summed E-state index contributed by atoms with van der Waals surface area (Å²) in [5.74, 6) is 0. The molecule has 0 aliphatic rings. The highest BCUT2D eigenvalue weighted by Crippen LogP contribution is 2.29. The molecule has 0 atom stereocenters. The second kappa shape index (κ2) is 4.90. The lowest BCUT2D eigenvalue weighted by atomic mass is 10.0. The first-order valence-corrected chi connectivity index (χ1v) is 5.81. The average Bonchev–Trinajstić information content (AvgIpc) is 2.69. The highest BCUT2D eigenvalue weighted by atomic mass is 32.1. The Morgan fingerprint density at radius 1 is 1.47 bits per heavy atom. The number of nitriles is 1. The Morgan fingerprint density at radius 2 is 2.16 bits per heavy atom. The van der Waals surface area contributed by atoms with Crippen molar-refractivity contribution in [3.8, 4) is 17.2 Å². The molecule has 2 aromatic heterocycles. The zero-order chi connectivity index (χ0) is 14.2. The number of halogens is 2. The normalized spacial score (nSPS) is 10.7. The maximum Gasteiger partial charge on any atom is 0.278 e. The van der Waals surface area contributed by atoms with Gasteiger partial charge in [0.2, 0.25) is 0 Å². The molecule has 7 heteroatoms. The van der Waals surface area contributed by atoms with E-state index < -0.39 is 6.43 Å². The number of aromatic nitrogens is 3. The van der Waals surface area contributed by atoms with E-state index >= 15 is 0 Å². The summed E-state index contributed by atoms with van der Waals surface area (Å²) in [6.07, 6.45) is -1.14. The highest BCUT2D eigenvalue weighted by molar-refractivity contribution is 7.71. The third-order valence-corrected chi connectivity index (χ3v) is 3.23. The first-order chi connectivity index (χ1) is 8.95. The molecule has 2 rings (SSSR count). The summed E-state index contributed by atoms with van der Waals surface area (Å²) >= 11 is 4.96. The van der Waals surface area contributed by atoms with Gasteiger partial charge in [0.25, 0.3) is 6.43 Å². The van der Waals surface area contributed by atoms with Crippen LogP contribution < -0.4 is 0 Å². The Balaban J connectivity index is 2.78. The van der Waals surface area contributed by atoms with E-state index in [0.29, 0.717) is 11.1 Å². The van der Waals surface area contributed by atoms with E-state index in [-0.39, 0.29) is 15.9 Å². The van der Waals surface area contributed by atoms with E-state index in [4.69, 9.17) is 17.5 Å². The third-order valence-electron chi connectivity index (χ3n) is 2.93. The van der Waals surface area contributed by atoms with Crippen molar-refractivity contribution >= 4 is 12.2 Å². The SMILES string of the molecule is Cc1c(-c2cc(C(F)F)[nH]c(=S)c2C#N)cnn1C. The summed E-state index contributed by atoms with van der Waals surface area (Å²) < 4.78 is 27.2. The fourth-order valence-electron chi connectivity index (χ4n) is 1.78. The summed E-state index contributed by atoms with van der Waals surface area (Å²) in [5, 5.41) is 13.2. The van der Waals surface area contributed by atoms with Gasteiger partial charge in [0.15, 0.2) is 0 Å². The summed E-state index contributed by atoms with van der Waals surface area (Å²) in [7, 11) is 1.74. The number of H-pyrrole nitrogens is 1. The molecular formula is C12H10F2N4S. The zero-order valence-electron chi connectivity index (χ0n) is 10.2. The van der Waals surface area contributed by atoms with Crippen LogP contribution in [0.25, 0.3) is 11.1 Å². The Morgan fingerprint density at radius 3 is 2.63 bits per heavy atom. The van der Waals surface area contributed by atoms with Crippen LogP contribution in [0.3, 0.4) is 0 Å². The zero-order valence-corrected chi connectivity index (χ0v) is 11.1. The summed E-state index contributed by atoms with van der Waals surface area (Å²) in [6.45, 7) is 1.80. The minimum atomic E-state index is -2.68. The van der Waals surface area contributed by atoms with Gasteiger partial charge in [-0.3, -0.25) is 4.68 Å². The topological polar surface area (TPSA) is 57.4 Å². The Labute approximate surface area is 113 Å². The number of pyridine rings is 1. The van der Waals surface area contributed by atoms with Gasteiger partial charge in [-0.25, -0.2) is 8.78 Å². The molecule has 0 spiro atoms. The predicted octanol–water partition coefficient (Wildman–Crippen LogP) is 3.26. The van der Waals surface area contributed by atoms with E-state index in [1.807, 2.05) is 6.07 Å². The molecule has 0 amide bonds. The molecule has 0 radical (unpaired) electrons. The maximum absolute atomic E-state index is 12.8. The van der Waals surface area contributed by atoms with Crippen LogP contribution in [0.1, 0.15) is 23.4 Å². The molecule has 0 aliphatic carbocycles. The van der Waals surface area contributed by atoms with E-state index in [2.05, 4.69) is 10.1 Å². The number of aromatic amines is 1. The molecule has 1 N–H and O–H groups in total. The molecule has 0 aromatic carbocycles. The van der Waals surface area contributed by atoms with Crippen molar-refractivity contribution in [1.29, 1.82) is 5.26 Å². The molecule has 0 aliphatic heterocycles. The average molecular weight is 280 g/mol. The van der Waals surface area contributed by atoms with Gasteiger partial charge in [0, 0.05) is 23.9 Å². The van der Waals surface area contributed by atoms with Crippen LogP contribution >= 0.6 is 12.2 Å². The third kappa shape index (κ3) is 2.27. The predicted molar refractivity (Wildman–Crippen MR) is 68.2 cm³/mol. The van der Waals surface area contributed by atoms with Gasteiger partial charge in [0.1, 0.15) is 10.7 Å². The van der Waals surface area contributed by atoms with Gasteiger partial charge in [-0.05, 0) is 13.0 Å². The lowest BCUT2D eigenvalue weighted by Crippen LogP contribution is -1.98. The largest absolute Gasteiger partial charge is 0.344 e. The molecule has 0 bridgehead atoms. The fourth-order valence-corrected chi connectivity index (χ4v) is 2.06. The summed E-state index contributed by atoms with van der Waals surface area (Å²) in [4.78, 5) is 2.38. The van der Waals surface area contributed by atoms with Crippen LogP contribution in [-0.2, 0) is 7.05 Å². The Kier molecular flexibility index (Phi) is 3.44. The lowest BCUT2D eigenvalue weighted by molar-refractivity contribution is 0.146. The van der Waals surface area contributed by atoms with E-state index in [1.54, 1.807) is 18.7 Å². The number of nitrogens with zero attached hydrogens (tertiary/aromatic N) is 3. The van der Waals surface area contributed by atoms with Crippen LogP contribution in [-0.4, -0.2) is 14.8 Å². The van der Waals surface area contributed by atoms with E-state index in [0.717, 1.165) is 5.69 Å². The van der Waals surface area contributed by atoms with Crippen molar-refractivity contribution in [3.05, 3.63) is 33.9 Å². The first-order valence-electron chi connectivity index (χ1n) is 5.40. The molecule has 2 aromatic rings. The molecule has 0 saturated carbocycles.